The SMILES string of the molecule is CSc1cccc(NCc2cnccc2C)c1. The van der Waals surface area contributed by atoms with Crippen LogP contribution in [0.2, 0.25) is 0 Å². The molecule has 0 aliphatic carbocycles. The molecule has 2 rings (SSSR count). The number of aryl methyl sites for hydroxylation is 1. The smallest absolute Gasteiger partial charge is 0.0418 e. The van der Waals surface area contributed by atoms with Crippen molar-refractivity contribution in [1.29, 1.82) is 0 Å². The van der Waals surface area contributed by atoms with Gasteiger partial charge in [0, 0.05) is 29.5 Å². The zero-order chi connectivity index (χ0) is 12.1. The van der Waals surface area contributed by atoms with Crippen LogP contribution in [0.4, 0.5) is 5.69 Å². The second kappa shape index (κ2) is 5.73. The number of thioether (sulfide) groups is 1. The van der Waals surface area contributed by atoms with Crippen molar-refractivity contribution in [2.75, 3.05) is 11.6 Å². The van der Waals surface area contributed by atoms with Crippen LogP contribution in [0.15, 0.2) is 47.6 Å². The van der Waals surface area contributed by atoms with E-state index in [9.17, 15) is 0 Å². The van der Waals surface area contributed by atoms with Crippen LogP contribution in [0.25, 0.3) is 0 Å². The van der Waals surface area contributed by atoms with E-state index < -0.39 is 0 Å². The second-order valence-corrected chi connectivity index (χ2v) is 4.77. The van der Waals surface area contributed by atoms with E-state index in [4.69, 9.17) is 0 Å². The molecule has 1 N–H and O–H groups in total. The number of hydrogen-bond donors (Lipinski definition) is 1. The van der Waals surface area contributed by atoms with Gasteiger partial charge in [0.25, 0.3) is 0 Å². The number of rotatable bonds is 4. The number of benzene rings is 1. The van der Waals surface area contributed by atoms with Crippen LogP contribution in [-0.4, -0.2) is 11.2 Å². The van der Waals surface area contributed by atoms with Crippen LogP contribution in [0, 0.1) is 6.92 Å². The van der Waals surface area contributed by atoms with Crippen molar-refractivity contribution in [1.82, 2.24) is 4.98 Å². The maximum atomic E-state index is 4.15. The largest absolute Gasteiger partial charge is 0.381 e. The molecule has 0 radical (unpaired) electrons. The molecule has 0 aliphatic rings. The van der Waals surface area contributed by atoms with E-state index in [1.807, 2.05) is 18.5 Å². The fraction of sp³-hybridized carbons (Fsp3) is 0.214. The minimum atomic E-state index is 0.817. The molecule has 2 aromatic rings. The first-order chi connectivity index (χ1) is 8.29. The molecule has 0 saturated heterocycles. The van der Waals surface area contributed by atoms with Gasteiger partial charge in [0.15, 0.2) is 0 Å². The quantitative estimate of drug-likeness (QED) is 0.830. The van der Waals surface area contributed by atoms with Gasteiger partial charge in [-0.25, -0.2) is 0 Å². The predicted molar refractivity (Wildman–Crippen MR) is 74.5 cm³/mol. The first-order valence-electron chi connectivity index (χ1n) is 5.57. The second-order valence-electron chi connectivity index (χ2n) is 3.89. The zero-order valence-electron chi connectivity index (χ0n) is 10.1. The van der Waals surface area contributed by atoms with Crippen molar-refractivity contribution in [3.8, 4) is 0 Å². The molecular weight excluding hydrogens is 228 g/mol. The summed E-state index contributed by atoms with van der Waals surface area (Å²) in [5.74, 6) is 0. The van der Waals surface area contributed by atoms with Crippen molar-refractivity contribution in [3.05, 3.63) is 53.9 Å². The highest BCUT2D eigenvalue weighted by Crippen LogP contribution is 2.19. The molecule has 0 atom stereocenters. The van der Waals surface area contributed by atoms with E-state index in [-0.39, 0.29) is 0 Å². The van der Waals surface area contributed by atoms with Gasteiger partial charge in [-0.05, 0) is 48.6 Å². The van der Waals surface area contributed by atoms with Gasteiger partial charge in [-0.1, -0.05) is 6.07 Å². The van der Waals surface area contributed by atoms with E-state index >= 15 is 0 Å². The van der Waals surface area contributed by atoms with Gasteiger partial charge in [-0.2, -0.15) is 0 Å². The molecule has 0 amide bonds. The fourth-order valence-corrected chi connectivity index (χ4v) is 2.07. The maximum Gasteiger partial charge on any atom is 0.0418 e. The highest BCUT2D eigenvalue weighted by atomic mass is 32.2. The summed E-state index contributed by atoms with van der Waals surface area (Å²) in [6.45, 7) is 2.93. The molecule has 3 heteroatoms. The molecule has 0 saturated carbocycles. The van der Waals surface area contributed by atoms with Crippen LogP contribution >= 0.6 is 11.8 Å². The van der Waals surface area contributed by atoms with Gasteiger partial charge in [0.2, 0.25) is 0 Å². The summed E-state index contributed by atoms with van der Waals surface area (Å²) in [7, 11) is 0. The molecule has 1 heterocycles. The molecule has 17 heavy (non-hydrogen) atoms. The summed E-state index contributed by atoms with van der Waals surface area (Å²) in [5.41, 5.74) is 3.66. The molecule has 2 nitrogen and oxygen atoms in total. The molecular formula is C14H16N2S. The zero-order valence-corrected chi connectivity index (χ0v) is 10.9. The van der Waals surface area contributed by atoms with Crippen molar-refractivity contribution in [2.24, 2.45) is 0 Å². The van der Waals surface area contributed by atoms with Crippen molar-refractivity contribution in [3.63, 3.8) is 0 Å². The van der Waals surface area contributed by atoms with Gasteiger partial charge >= 0.3 is 0 Å². The monoisotopic (exact) mass is 244 g/mol. The van der Waals surface area contributed by atoms with Crippen LogP contribution in [0.3, 0.4) is 0 Å². The Morgan fingerprint density at radius 3 is 2.94 bits per heavy atom. The molecule has 0 unspecified atom stereocenters. The van der Waals surface area contributed by atoms with Gasteiger partial charge in [0.1, 0.15) is 0 Å². The normalized spacial score (nSPS) is 10.2. The topological polar surface area (TPSA) is 24.9 Å². The van der Waals surface area contributed by atoms with Crippen LogP contribution in [0.5, 0.6) is 0 Å². The third-order valence-corrected chi connectivity index (χ3v) is 3.43. The average molecular weight is 244 g/mol. The van der Waals surface area contributed by atoms with Gasteiger partial charge in [-0.15, -0.1) is 11.8 Å². The first-order valence-corrected chi connectivity index (χ1v) is 6.79. The lowest BCUT2D eigenvalue weighted by atomic mass is 10.1. The van der Waals surface area contributed by atoms with Crippen molar-refractivity contribution < 1.29 is 0 Å². The van der Waals surface area contributed by atoms with Crippen LogP contribution < -0.4 is 5.32 Å². The minimum Gasteiger partial charge on any atom is -0.381 e. The molecule has 0 fully saturated rings. The molecule has 0 bridgehead atoms. The number of pyridine rings is 1. The Kier molecular flexibility index (Phi) is 4.04. The van der Waals surface area contributed by atoms with E-state index in [2.05, 4.69) is 47.7 Å². The Hall–Kier alpha value is -1.48. The maximum absolute atomic E-state index is 4.15. The van der Waals surface area contributed by atoms with Gasteiger partial charge < -0.3 is 5.32 Å². The summed E-state index contributed by atoms with van der Waals surface area (Å²) >= 11 is 1.76. The third kappa shape index (κ3) is 3.24. The number of nitrogens with zero attached hydrogens (tertiary/aromatic N) is 1. The minimum absolute atomic E-state index is 0.817. The lowest BCUT2D eigenvalue weighted by molar-refractivity contribution is 1.08. The standard InChI is InChI=1S/C14H16N2S/c1-11-6-7-15-9-12(11)10-16-13-4-3-5-14(8-13)17-2/h3-9,16H,10H2,1-2H3. The summed E-state index contributed by atoms with van der Waals surface area (Å²) in [4.78, 5) is 5.42. The molecule has 1 aromatic carbocycles. The molecule has 0 aliphatic heterocycles. The molecule has 0 spiro atoms. The van der Waals surface area contributed by atoms with E-state index in [1.165, 1.54) is 16.0 Å². The number of aromatic nitrogens is 1. The molecule has 1 aromatic heterocycles. The average Bonchev–Trinajstić information content (AvgIpc) is 2.38. The highest BCUT2D eigenvalue weighted by Gasteiger charge is 1.98. The fourth-order valence-electron chi connectivity index (χ4n) is 1.61. The Morgan fingerprint density at radius 2 is 2.18 bits per heavy atom. The Bertz CT molecular complexity index is 497. The van der Waals surface area contributed by atoms with Crippen LogP contribution in [-0.2, 0) is 6.54 Å². The number of nitrogens with one attached hydrogen (secondary N) is 1. The summed E-state index contributed by atoms with van der Waals surface area (Å²) in [6, 6.07) is 10.5. The highest BCUT2D eigenvalue weighted by molar-refractivity contribution is 7.98. The summed E-state index contributed by atoms with van der Waals surface area (Å²) in [5, 5.41) is 3.42. The van der Waals surface area contributed by atoms with E-state index in [0.717, 1.165) is 12.2 Å². The van der Waals surface area contributed by atoms with Crippen LogP contribution in [0.1, 0.15) is 11.1 Å². The Labute approximate surface area is 106 Å². The van der Waals surface area contributed by atoms with E-state index in [1.54, 1.807) is 11.8 Å². The number of hydrogen-bond acceptors (Lipinski definition) is 3. The van der Waals surface area contributed by atoms with Crippen molar-refractivity contribution in [2.45, 2.75) is 18.4 Å². The van der Waals surface area contributed by atoms with E-state index in [0.29, 0.717) is 0 Å². The third-order valence-electron chi connectivity index (χ3n) is 2.70. The molecule has 88 valence electrons. The Morgan fingerprint density at radius 1 is 1.29 bits per heavy atom. The Balaban J connectivity index is 2.05. The lowest BCUT2D eigenvalue weighted by Gasteiger charge is -2.09. The van der Waals surface area contributed by atoms with Gasteiger partial charge in [0.05, 0.1) is 0 Å². The first kappa shape index (κ1) is 12.0. The number of anilines is 1. The van der Waals surface area contributed by atoms with Crippen molar-refractivity contribution >= 4 is 17.4 Å². The summed E-state index contributed by atoms with van der Waals surface area (Å²) < 4.78 is 0. The lowest BCUT2D eigenvalue weighted by Crippen LogP contribution is -2.01. The summed E-state index contributed by atoms with van der Waals surface area (Å²) in [6.07, 6.45) is 5.83. The predicted octanol–water partition coefficient (Wildman–Crippen LogP) is 3.72. The van der Waals surface area contributed by atoms with Gasteiger partial charge in [-0.3, -0.25) is 4.98 Å².